The lowest BCUT2D eigenvalue weighted by Crippen LogP contribution is -2.23. The molecule has 1 aromatic carbocycles. The van der Waals surface area contributed by atoms with Crippen molar-refractivity contribution in [2.75, 3.05) is 25.1 Å². The molecule has 0 saturated carbocycles. The molecule has 4 nitrogen and oxygen atoms in total. The van der Waals surface area contributed by atoms with Crippen LogP contribution in [0.3, 0.4) is 0 Å². The van der Waals surface area contributed by atoms with E-state index in [4.69, 9.17) is 32.7 Å². The molecule has 0 spiro atoms. The maximum atomic E-state index is 11.6. The van der Waals surface area contributed by atoms with Gasteiger partial charge in [-0.25, -0.2) is 4.79 Å². The van der Waals surface area contributed by atoms with Gasteiger partial charge in [0.15, 0.2) is 0 Å². The third-order valence-electron chi connectivity index (χ3n) is 2.60. The van der Waals surface area contributed by atoms with Crippen LogP contribution in [0.2, 0.25) is 10.0 Å². The lowest BCUT2D eigenvalue weighted by atomic mass is 10.2. The largest absolute Gasteiger partial charge is 0.422 e. The molecule has 0 aliphatic rings. The van der Waals surface area contributed by atoms with E-state index < -0.39 is 5.63 Å². The highest BCUT2D eigenvalue weighted by Crippen LogP contribution is 2.32. The van der Waals surface area contributed by atoms with Crippen molar-refractivity contribution in [3.8, 4) is 0 Å². The van der Waals surface area contributed by atoms with Gasteiger partial charge < -0.3 is 14.4 Å². The molecule has 0 radical (unpaired) electrons. The average molecular weight is 288 g/mol. The van der Waals surface area contributed by atoms with Crippen molar-refractivity contribution >= 4 is 39.9 Å². The van der Waals surface area contributed by atoms with E-state index in [0.29, 0.717) is 28.2 Å². The van der Waals surface area contributed by atoms with Crippen molar-refractivity contribution in [1.82, 2.24) is 0 Å². The zero-order valence-corrected chi connectivity index (χ0v) is 11.1. The molecule has 0 atom stereocenters. The fourth-order valence-electron chi connectivity index (χ4n) is 1.77. The number of nitrogens with zero attached hydrogens (tertiary/aromatic N) is 1. The molecule has 1 heterocycles. The summed E-state index contributed by atoms with van der Waals surface area (Å²) in [6.07, 6.45) is 0. The van der Waals surface area contributed by atoms with Crippen LogP contribution in [0.4, 0.5) is 5.69 Å². The summed E-state index contributed by atoms with van der Waals surface area (Å²) < 4.78 is 5.08. The molecule has 2 aromatic rings. The molecule has 0 fully saturated rings. The maximum absolute atomic E-state index is 11.6. The minimum atomic E-state index is -0.605. The van der Waals surface area contributed by atoms with Gasteiger partial charge in [-0.2, -0.15) is 0 Å². The van der Waals surface area contributed by atoms with Gasteiger partial charge in [0, 0.05) is 24.0 Å². The number of anilines is 1. The Labute approximate surface area is 113 Å². The van der Waals surface area contributed by atoms with Crippen molar-refractivity contribution in [3.05, 3.63) is 38.7 Å². The summed E-state index contributed by atoms with van der Waals surface area (Å²) in [5.41, 5.74) is 0.319. The molecule has 0 amide bonds. The highest BCUT2D eigenvalue weighted by molar-refractivity contribution is 6.35. The zero-order valence-electron chi connectivity index (χ0n) is 9.61. The number of fused-ring (bicyclic) bond motifs is 1. The highest BCUT2D eigenvalue weighted by atomic mass is 35.5. The van der Waals surface area contributed by atoms with E-state index >= 15 is 0 Å². The Morgan fingerprint density at radius 1 is 1.39 bits per heavy atom. The van der Waals surface area contributed by atoms with Crippen LogP contribution < -0.4 is 10.5 Å². The number of hydrogen-bond donors (Lipinski definition) is 1. The van der Waals surface area contributed by atoms with E-state index in [0.717, 1.165) is 0 Å². The molecule has 0 saturated heterocycles. The number of benzene rings is 1. The van der Waals surface area contributed by atoms with Crippen LogP contribution in [0.25, 0.3) is 11.0 Å². The molecule has 0 unspecified atom stereocenters. The minimum absolute atomic E-state index is 0.0132. The van der Waals surface area contributed by atoms with Gasteiger partial charge in [0.2, 0.25) is 0 Å². The van der Waals surface area contributed by atoms with Crippen LogP contribution in [0.15, 0.2) is 27.4 Å². The third-order valence-corrected chi connectivity index (χ3v) is 3.17. The van der Waals surface area contributed by atoms with Crippen LogP contribution in [0.5, 0.6) is 0 Å². The van der Waals surface area contributed by atoms with Crippen LogP contribution in [0.1, 0.15) is 0 Å². The molecule has 18 heavy (non-hydrogen) atoms. The van der Waals surface area contributed by atoms with Crippen LogP contribution in [0, 0.1) is 0 Å². The number of rotatable bonds is 3. The molecule has 0 aliphatic heterocycles. The Hall–Kier alpha value is -1.23. The first-order valence-corrected chi connectivity index (χ1v) is 6.04. The Bertz CT molecular complexity index is 639. The van der Waals surface area contributed by atoms with Gasteiger partial charge in [0.25, 0.3) is 0 Å². The van der Waals surface area contributed by atoms with Crippen LogP contribution >= 0.6 is 23.2 Å². The topological polar surface area (TPSA) is 53.7 Å². The Morgan fingerprint density at radius 3 is 2.78 bits per heavy atom. The van der Waals surface area contributed by atoms with Crippen molar-refractivity contribution in [2.45, 2.75) is 0 Å². The van der Waals surface area contributed by atoms with Gasteiger partial charge >= 0.3 is 5.63 Å². The monoisotopic (exact) mass is 287 g/mol. The van der Waals surface area contributed by atoms with Crippen molar-refractivity contribution in [2.24, 2.45) is 0 Å². The van der Waals surface area contributed by atoms with E-state index in [9.17, 15) is 4.79 Å². The van der Waals surface area contributed by atoms with Crippen molar-refractivity contribution in [3.63, 3.8) is 0 Å². The van der Waals surface area contributed by atoms with Gasteiger partial charge in [-0.05, 0) is 18.2 Å². The molecule has 96 valence electrons. The first kappa shape index (κ1) is 13.2. The molecule has 0 aliphatic carbocycles. The van der Waals surface area contributed by atoms with Gasteiger partial charge in [0.05, 0.1) is 12.3 Å². The zero-order chi connectivity index (χ0) is 13.3. The number of likely N-dealkylation sites (N-methyl/N-ethyl adjacent to an activating group) is 1. The van der Waals surface area contributed by atoms with Crippen molar-refractivity contribution in [1.29, 1.82) is 0 Å². The summed E-state index contributed by atoms with van der Waals surface area (Å²) in [7, 11) is 1.73. The second-order valence-electron chi connectivity index (χ2n) is 3.84. The lowest BCUT2D eigenvalue weighted by Gasteiger charge is -2.20. The fraction of sp³-hybridized carbons (Fsp3) is 0.250. The average Bonchev–Trinajstić information content (AvgIpc) is 2.31. The van der Waals surface area contributed by atoms with Crippen molar-refractivity contribution < 1.29 is 9.52 Å². The normalized spacial score (nSPS) is 10.9. The van der Waals surface area contributed by atoms with Gasteiger partial charge in [-0.3, -0.25) is 0 Å². The first-order chi connectivity index (χ1) is 8.54. The van der Waals surface area contributed by atoms with E-state index in [2.05, 4.69) is 0 Å². The van der Waals surface area contributed by atoms with Gasteiger partial charge in [-0.15, -0.1) is 0 Å². The highest BCUT2D eigenvalue weighted by Gasteiger charge is 2.16. The molecule has 2 rings (SSSR count). The molecule has 0 bridgehead atoms. The van der Waals surface area contributed by atoms with E-state index in [1.54, 1.807) is 30.1 Å². The SMILES string of the molecule is CN(CCO)c1c(Cl)c(=O)oc2ccc(Cl)cc12. The maximum Gasteiger partial charge on any atom is 0.357 e. The molecule has 1 N–H and O–H groups in total. The fourth-order valence-corrected chi connectivity index (χ4v) is 2.23. The number of hydrogen-bond acceptors (Lipinski definition) is 4. The Balaban J connectivity index is 2.78. The molecular weight excluding hydrogens is 277 g/mol. The summed E-state index contributed by atoms with van der Waals surface area (Å²) in [5, 5.41) is 10.1. The lowest BCUT2D eigenvalue weighted by molar-refractivity contribution is 0.304. The predicted octanol–water partition coefficient (Wildman–Crippen LogP) is 2.53. The van der Waals surface area contributed by atoms with Gasteiger partial charge in [0.1, 0.15) is 10.6 Å². The number of aliphatic hydroxyl groups excluding tert-OH is 1. The van der Waals surface area contributed by atoms with E-state index in [1.165, 1.54) is 0 Å². The van der Waals surface area contributed by atoms with E-state index in [1.807, 2.05) is 0 Å². The number of aliphatic hydroxyl groups is 1. The predicted molar refractivity (Wildman–Crippen MR) is 72.9 cm³/mol. The summed E-state index contributed by atoms with van der Waals surface area (Å²) in [4.78, 5) is 13.3. The molecule has 1 aromatic heterocycles. The van der Waals surface area contributed by atoms with Gasteiger partial charge in [-0.1, -0.05) is 23.2 Å². The molecular formula is C12H11Cl2NO3. The van der Waals surface area contributed by atoms with Crippen LogP contribution in [-0.4, -0.2) is 25.3 Å². The van der Waals surface area contributed by atoms with Crippen LogP contribution in [-0.2, 0) is 0 Å². The van der Waals surface area contributed by atoms with E-state index in [-0.39, 0.29) is 11.6 Å². The second-order valence-corrected chi connectivity index (χ2v) is 4.65. The quantitative estimate of drug-likeness (QED) is 0.882. The minimum Gasteiger partial charge on any atom is -0.422 e. The summed E-state index contributed by atoms with van der Waals surface area (Å²) in [6, 6.07) is 4.93. The summed E-state index contributed by atoms with van der Waals surface area (Å²) in [5.74, 6) is 0. The summed E-state index contributed by atoms with van der Waals surface area (Å²) in [6.45, 7) is 0.305. The number of halogens is 2. The standard InChI is InChI=1S/C12H11Cl2NO3/c1-15(4-5-16)11-8-6-7(13)2-3-9(8)18-12(17)10(11)14/h2-3,6,16H,4-5H2,1H3. The Morgan fingerprint density at radius 2 is 2.11 bits per heavy atom. The second kappa shape index (κ2) is 5.18. The molecule has 6 heteroatoms. The smallest absolute Gasteiger partial charge is 0.357 e. The third kappa shape index (κ3) is 2.32. The Kier molecular flexibility index (Phi) is 3.80. The summed E-state index contributed by atoms with van der Waals surface area (Å²) >= 11 is 11.9. The first-order valence-electron chi connectivity index (χ1n) is 5.28.